The number of carboxylic acids is 1. The molecule has 0 aliphatic carbocycles. The maximum atomic E-state index is 12.8. The minimum atomic E-state index is -1.25. The summed E-state index contributed by atoms with van der Waals surface area (Å²) in [4.78, 5) is 34.0. The molecule has 1 aromatic carbocycles. The minimum absolute atomic E-state index is 0.0823. The molecule has 0 saturated carbocycles. The lowest BCUT2D eigenvalue weighted by atomic mass is 10.1. The van der Waals surface area contributed by atoms with Gasteiger partial charge in [0.15, 0.2) is 0 Å². The van der Waals surface area contributed by atoms with Gasteiger partial charge in [-0.2, -0.15) is 0 Å². The van der Waals surface area contributed by atoms with Crippen LogP contribution in [0.4, 0.5) is 4.39 Å². The van der Waals surface area contributed by atoms with E-state index in [-0.39, 0.29) is 18.6 Å². The molecular weight excluding hydrogens is 293 g/mol. The lowest BCUT2D eigenvalue weighted by molar-refractivity contribution is -0.139. The number of carbonyl (C=O) groups is 3. The summed E-state index contributed by atoms with van der Waals surface area (Å²) >= 11 is 0. The van der Waals surface area contributed by atoms with Crippen molar-refractivity contribution in [2.45, 2.75) is 19.4 Å². The molecule has 0 aliphatic rings. The Hall–Kier alpha value is -2.70. The van der Waals surface area contributed by atoms with E-state index in [0.29, 0.717) is 0 Å². The van der Waals surface area contributed by atoms with Crippen LogP contribution in [-0.4, -0.2) is 35.6 Å². The first-order chi connectivity index (χ1) is 10.4. The van der Waals surface area contributed by atoms with Crippen molar-refractivity contribution < 1.29 is 28.6 Å². The number of benzene rings is 1. The van der Waals surface area contributed by atoms with E-state index in [4.69, 9.17) is 5.11 Å². The summed E-state index contributed by atoms with van der Waals surface area (Å²) < 4.78 is 17.4. The summed E-state index contributed by atoms with van der Waals surface area (Å²) in [6.45, 7) is 1.86. The fourth-order valence-corrected chi connectivity index (χ4v) is 1.56. The molecule has 0 saturated heterocycles. The van der Waals surface area contributed by atoms with E-state index in [0.717, 1.165) is 18.2 Å². The zero-order valence-corrected chi connectivity index (χ0v) is 11.9. The average Bonchev–Trinajstić information content (AvgIpc) is 2.46. The molecule has 0 aromatic heterocycles. The van der Waals surface area contributed by atoms with Gasteiger partial charge in [0.1, 0.15) is 11.9 Å². The van der Waals surface area contributed by atoms with E-state index >= 15 is 0 Å². The molecule has 2 N–H and O–H groups in total. The second-order valence-corrected chi connectivity index (χ2v) is 4.26. The molecular formula is C15H16FNO5. The van der Waals surface area contributed by atoms with Crippen molar-refractivity contribution in [3.05, 3.63) is 47.8 Å². The predicted molar refractivity (Wildman–Crippen MR) is 75.7 cm³/mol. The molecule has 1 atom stereocenters. The van der Waals surface area contributed by atoms with E-state index in [9.17, 15) is 18.8 Å². The number of hydrogen-bond acceptors (Lipinski definition) is 4. The molecule has 0 unspecified atom stereocenters. The van der Waals surface area contributed by atoms with Gasteiger partial charge in [0, 0.05) is 11.6 Å². The first-order valence-electron chi connectivity index (χ1n) is 6.56. The largest absolute Gasteiger partial charge is 0.480 e. The smallest absolute Gasteiger partial charge is 0.330 e. The van der Waals surface area contributed by atoms with Crippen LogP contribution in [0.5, 0.6) is 0 Å². The first-order valence-corrected chi connectivity index (χ1v) is 6.56. The van der Waals surface area contributed by atoms with Gasteiger partial charge in [-0.15, -0.1) is 0 Å². The molecule has 6 nitrogen and oxygen atoms in total. The quantitative estimate of drug-likeness (QED) is 0.588. The molecule has 0 radical (unpaired) electrons. The first kappa shape index (κ1) is 17.4. The van der Waals surface area contributed by atoms with Crippen molar-refractivity contribution in [2.75, 3.05) is 6.61 Å². The monoisotopic (exact) mass is 309 g/mol. The number of ether oxygens (including phenoxy) is 1. The Labute approximate surface area is 126 Å². The fourth-order valence-electron chi connectivity index (χ4n) is 1.56. The predicted octanol–water partition coefficient (Wildman–Crippen LogP) is 1.52. The second kappa shape index (κ2) is 8.56. The molecule has 1 rings (SSSR count). The topological polar surface area (TPSA) is 92.7 Å². The van der Waals surface area contributed by atoms with Crippen LogP contribution >= 0.6 is 0 Å². The van der Waals surface area contributed by atoms with Crippen LogP contribution in [0, 0.1) is 5.82 Å². The highest BCUT2D eigenvalue weighted by molar-refractivity contribution is 5.96. The van der Waals surface area contributed by atoms with Gasteiger partial charge in [0.05, 0.1) is 6.61 Å². The Balaban J connectivity index is 2.64. The van der Waals surface area contributed by atoms with Crippen LogP contribution < -0.4 is 5.32 Å². The third kappa shape index (κ3) is 5.74. The normalized spacial score (nSPS) is 11.9. The van der Waals surface area contributed by atoms with Crippen molar-refractivity contribution in [3.8, 4) is 0 Å². The van der Waals surface area contributed by atoms with Gasteiger partial charge in [0.2, 0.25) is 0 Å². The Bertz CT molecular complexity index is 568. The standard InChI is InChI=1S/C15H16FNO5/c1-2-22-13(18)5-3-4-12(15(20)21)17-14(19)10-6-8-11(16)9-7-10/h3,5-9,12H,2,4H2,1H3,(H,17,19)(H,20,21)/b5-3+/t12-/m1/s1. The van der Waals surface area contributed by atoms with E-state index < -0.39 is 29.7 Å². The van der Waals surface area contributed by atoms with E-state index in [1.165, 1.54) is 18.2 Å². The summed E-state index contributed by atoms with van der Waals surface area (Å²) in [5, 5.41) is 11.4. The summed E-state index contributed by atoms with van der Waals surface area (Å²) in [6.07, 6.45) is 2.33. The summed E-state index contributed by atoms with van der Waals surface area (Å²) in [7, 11) is 0. The lowest BCUT2D eigenvalue weighted by Gasteiger charge is -2.12. The van der Waals surface area contributed by atoms with Crippen molar-refractivity contribution in [2.24, 2.45) is 0 Å². The number of carbonyl (C=O) groups excluding carboxylic acids is 2. The average molecular weight is 309 g/mol. The highest BCUT2D eigenvalue weighted by Gasteiger charge is 2.19. The molecule has 0 bridgehead atoms. The van der Waals surface area contributed by atoms with Crippen LogP contribution in [0.3, 0.4) is 0 Å². The lowest BCUT2D eigenvalue weighted by Crippen LogP contribution is -2.40. The molecule has 22 heavy (non-hydrogen) atoms. The summed E-state index contributed by atoms with van der Waals surface area (Å²) in [6, 6.07) is 3.50. The maximum Gasteiger partial charge on any atom is 0.330 e. The van der Waals surface area contributed by atoms with Gasteiger partial charge >= 0.3 is 11.9 Å². The second-order valence-electron chi connectivity index (χ2n) is 4.26. The van der Waals surface area contributed by atoms with Crippen LogP contribution in [0.15, 0.2) is 36.4 Å². The zero-order chi connectivity index (χ0) is 16.5. The maximum absolute atomic E-state index is 12.8. The summed E-state index contributed by atoms with van der Waals surface area (Å²) in [5.74, 6) is -2.97. The van der Waals surface area contributed by atoms with Crippen LogP contribution in [0.25, 0.3) is 0 Å². The van der Waals surface area contributed by atoms with Gasteiger partial charge in [0.25, 0.3) is 5.91 Å². The fraction of sp³-hybridized carbons (Fsp3) is 0.267. The molecule has 1 amide bonds. The van der Waals surface area contributed by atoms with E-state index in [1.54, 1.807) is 6.92 Å². The number of esters is 1. The van der Waals surface area contributed by atoms with Crippen molar-refractivity contribution in [1.29, 1.82) is 0 Å². The molecule has 118 valence electrons. The highest BCUT2D eigenvalue weighted by atomic mass is 19.1. The molecule has 1 aromatic rings. The molecule has 0 fully saturated rings. The van der Waals surface area contributed by atoms with Gasteiger partial charge < -0.3 is 15.2 Å². The van der Waals surface area contributed by atoms with Gasteiger partial charge in [-0.25, -0.2) is 14.0 Å². The van der Waals surface area contributed by atoms with Crippen LogP contribution in [-0.2, 0) is 14.3 Å². The molecule has 0 heterocycles. The number of amides is 1. The highest BCUT2D eigenvalue weighted by Crippen LogP contribution is 2.04. The van der Waals surface area contributed by atoms with E-state index in [1.807, 2.05) is 0 Å². The Morgan fingerprint density at radius 2 is 1.95 bits per heavy atom. The van der Waals surface area contributed by atoms with Crippen LogP contribution in [0.1, 0.15) is 23.7 Å². The number of aliphatic carboxylic acids is 1. The number of halogens is 1. The van der Waals surface area contributed by atoms with Crippen molar-refractivity contribution >= 4 is 17.8 Å². The van der Waals surface area contributed by atoms with Gasteiger partial charge in [-0.3, -0.25) is 4.79 Å². The van der Waals surface area contributed by atoms with Gasteiger partial charge in [-0.05, 0) is 37.6 Å². The van der Waals surface area contributed by atoms with Crippen LogP contribution in [0.2, 0.25) is 0 Å². The third-order valence-corrected chi connectivity index (χ3v) is 2.62. The Morgan fingerprint density at radius 3 is 2.50 bits per heavy atom. The molecule has 0 aliphatic heterocycles. The third-order valence-electron chi connectivity index (χ3n) is 2.62. The molecule has 7 heteroatoms. The van der Waals surface area contributed by atoms with Crippen molar-refractivity contribution in [1.82, 2.24) is 5.32 Å². The number of hydrogen-bond donors (Lipinski definition) is 2. The van der Waals surface area contributed by atoms with Gasteiger partial charge in [-0.1, -0.05) is 6.08 Å². The van der Waals surface area contributed by atoms with Crippen molar-refractivity contribution in [3.63, 3.8) is 0 Å². The number of carboxylic acid groups (broad SMARTS) is 1. The Morgan fingerprint density at radius 1 is 1.32 bits per heavy atom. The number of rotatable bonds is 7. The summed E-state index contributed by atoms with van der Waals surface area (Å²) in [5.41, 5.74) is 0.141. The Kier molecular flexibility index (Phi) is 6.75. The number of nitrogens with one attached hydrogen (secondary N) is 1. The molecule has 0 spiro atoms. The minimum Gasteiger partial charge on any atom is -0.480 e. The zero-order valence-electron chi connectivity index (χ0n) is 11.9. The SMILES string of the molecule is CCOC(=O)/C=C/C[C@@H](NC(=O)c1ccc(F)cc1)C(=O)O. The van der Waals surface area contributed by atoms with E-state index in [2.05, 4.69) is 10.1 Å².